The van der Waals surface area contributed by atoms with Crippen molar-refractivity contribution in [1.29, 1.82) is 0 Å². The van der Waals surface area contributed by atoms with Crippen molar-refractivity contribution in [3.8, 4) is 28.1 Å². The van der Waals surface area contributed by atoms with E-state index in [9.17, 15) is 0 Å². The summed E-state index contributed by atoms with van der Waals surface area (Å²) in [5, 5.41) is 0. The van der Waals surface area contributed by atoms with Crippen molar-refractivity contribution in [2.24, 2.45) is 9.98 Å². The molecule has 0 saturated carbocycles. The molecule has 2 heterocycles. The molecule has 6 rings (SSSR count). The van der Waals surface area contributed by atoms with Gasteiger partial charge >= 0.3 is 0 Å². The highest BCUT2D eigenvalue weighted by Gasteiger charge is 2.21. The minimum absolute atomic E-state index is 0.682. The zero-order chi connectivity index (χ0) is 25.0. The van der Waals surface area contributed by atoms with Gasteiger partial charge in [0, 0.05) is 22.4 Å². The van der Waals surface area contributed by atoms with Gasteiger partial charge in [-0.15, -0.1) is 0 Å². The number of hydrogen-bond acceptors (Lipinski definition) is 2. The molecule has 178 valence electrons. The molecule has 5 aromatic rings. The van der Waals surface area contributed by atoms with Crippen LogP contribution in [0.15, 0.2) is 137 Å². The number of nitrogens with one attached hydrogen (secondary N) is 1. The maximum atomic E-state index is 5.37. The largest absolute Gasteiger partial charge is 0.497 e. The van der Waals surface area contributed by atoms with Gasteiger partial charge in [-0.1, -0.05) is 103 Å². The molecule has 4 heteroatoms. The average molecular weight is 480 g/mol. The van der Waals surface area contributed by atoms with Crippen molar-refractivity contribution in [2.75, 3.05) is 7.11 Å². The molecule has 1 aromatic heterocycles. The van der Waals surface area contributed by atoms with Gasteiger partial charge in [-0.3, -0.25) is 0 Å². The number of aromatic nitrogens is 1. The normalized spacial score (nSPS) is 13.9. The summed E-state index contributed by atoms with van der Waals surface area (Å²) >= 11 is 0. The smallest absolute Gasteiger partial charge is 0.162 e. The van der Waals surface area contributed by atoms with Crippen LogP contribution >= 0.6 is 0 Å². The quantitative estimate of drug-likeness (QED) is 0.264. The summed E-state index contributed by atoms with van der Waals surface area (Å²) in [6.07, 6.45) is 2.12. The van der Waals surface area contributed by atoms with E-state index in [1.807, 2.05) is 66.7 Å². The van der Waals surface area contributed by atoms with E-state index in [0.29, 0.717) is 5.84 Å². The fourth-order valence-corrected chi connectivity index (χ4v) is 4.48. The van der Waals surface area contributed by atoms with Crippen molar-refractivity contribution >= 4 is 22.9 Å². The minimum atomic E-state index is 0.682. The topological polar surface area (TPSA) is 49.7 Å². The second-order valence-electron chi connectivity index (χ2n) is 8.76. The second-order valence-corrected chi connectivity index (χ2v) is 8.76. The zero-order valence-corrected chi connectivity index (χ0v) is 20.4. The molecule has 0 aliphatic carbocycles. The number of hydrogen-bond donors (Lipinski definition) is 1. The predicted octanol–water partition coefficient (Wildman–Crippen LogP) is 7.97. The molecule has 4 nitrogen and oxygen atoms in total. The SMILES string of the molecule is COc1ccc(-c2cc(-c3ccccc3)[nH]c2/N=C2\N=C(c3ccccc3)C=C2c2ccccc2)cc1. The highest BCUT2D eigenvalue weighted by molar-refractivity contribution is 6.38. The summed E-state index contributed by atoms with van der Waals surface area (Å²) in [5.74, 6) is 2.26. The van der Waals surface area contributed by atoms with Gasteiger partial charge in [-0.25, -0.2) is 9.98 Å². The van der Waals surface area contributed by atoms with Crippen LogP contribution in [-0.4, -0.2) is 23.6 Å². The summed E-state index contributed by atoms with van der Waals surface area (Å²) < 4.78 is 5.37. The number of rotatable bonds is 6. The zero-order valence-electron chi connectivity index (χ0n) is 20.4. The molecule has 0 spiro atoms. The number of methoxy groups -OCH3 is 1. The van der Waals surface area contributed by atoms with Gasteiger partial charge in [0.2, 0.25) is 0 Å². The number of aliphatic imine (C=N–C) groups is 2. The summed E-state index contributed by atoms with van der Waals surface area (Å²) in [4.78, 5) is 13.7. The Labute approximate surface area is 216 Å². The maximum Gasteiger partial charge on any atom is 0.162 e. The molecule has 0 fully saturated rings. The van der Waals surface area contributed by atoms with Gasteiger partial charge in [0.1, 0.15) is 11.6 Å². The minimum Gasteiger partial charge on any atom is -0.497 e. The van der Waals surface area contributed by atoms with Crippen LogP contribution in [0.2, 0.25) is 0 Å². The van der Waals surface area contributed by atoms with Crippen LogP contribution in [0.4, 0.5) is 5.82 Å². The van der Waals surface area contributed by atoms with E-state index in [2.05, 4.69) is 65.7 Å². The molecule has 0 amide bonds. The predicted molar refractivity (Wildman–Crippen MR) is 153 cm³/mol. The Morgan fingerprint density at radius 1 is 0.649 bits per heavy atom. The Morgan fingerprint density at radius 2 is 1.24 bits per heavy atom. The standard InChI is InChI=1S/C33H25N3O/c1-37-27-19-17-24(18-20-27)29-22-31(26-15-9-4-10-16-26)35-33(29)36-32-28(23-11-5-2-6-12-23)21-30(34-32)25-13-7-3-8-14-25/h2-22,35H,1H3/b36-32-. The molecule has 0 radical (unpaired) electrons. The average Bonchev–Trinajstić information content (AvgIpc) is 3.60. The van der Waals surface area contributed by atoms with E-state index in [1.54, 1.807) is 7.11 Å². The number of ether oxygens (including phenoxy) is 1. The van der Waals surface area contributed by atoms with Crippen molar-refractivity contribution in [3.63, 3.8) is 0 Å². The molecule has 1 aliphatic rings. The molecule has 1 N–H and O–H groups in total. The van der Waals surface area contributed by atoms with Gasteiger partial charge in [0.25, 0.3) is 0 Å². The molecule has 1 aliphatic heterocycles. The third kappa shape index (κ3) is 4.65. The second kappa shape index (κ2) is 9.96. The third-order valence-corrected chi connectivity index (χ3v) is 6.40. The van der Waals surface area contributed by atoms with Crippen molar-refractivity contribution < 1.29 is 4.74 Å². The van der Waals surface area contributed by atoms with Gasteiger partial charge in [0.15, 0.2) is 5.84 Å². The molecule has 0 bridgehead atoms. The van der Waals surface area contributed by atoms with Gasteiger partial charge < -0.3 is 9.72 Å². The fraction of sp³-hybridized carbons (Fsp3) is 0.0303. The van der Waals surface area contributed by atoms with E-state index in [4.69, 9.17) is 14.7 Å². The van der Waals surface area contributed by atoms with Crippen LogP contribution in [0.3, 0.4) is 0 Å². The van der Waals surface area contributed by atoms with E-state index in [-0.39, 0.29) is 0 Å². The van der Waals surface area contributed by atoms with E-state index < -0.39 is 0 Å². The molecule has 37 heavy (non-hydrogen) atoms. The maximum absolute atomic E-state index is 5.37. The Hall–Kier alpha value is -4.96. The first-order chi connectivity index (χ1) is 18.3. The first-order valence-corrected chi connectivity index (χ1v) is 12.2. The first kappa shape index (κ1) is 22.5. The lowest BCUT2D eigenvalue weighted by Gasteiger charge is -2.05. The summed E-state index contributed by atoms with van der Waals surface area (Å²) in [7, 11) is 1.68. The Bertz CT molecular complexity index is 1610. The van der Waals surface area contributed by atoms with Crippen LogP contribution in [0.25, 0.3) is 28.0 Å². The Balaban J connectivity index is 1.51. The van der Waals surface area contributed by atoms with Crippen LogP contribution in [-0.2, 0) is 0 Å². The van der Waals surface area contributed by atoms with Crippen molar-refractivity contribution in [3.05, 3.63) is 139 Å². The Kier molecular flexibility index (Phi) is 6.05. The first-order valence-electron chi connectivity index (χ1n) is 12.2. The van der Waals surface area contributed by atoms with E-state index >= 15 is 0 Å². The van der Waals surface area contributed by atoms with Crippen molar-refractivity contribution in [1.82, 2.24) is 4.98 Å². The van der Waals surface area contributed by atoms with Crippen LogP contribution in [0.5, 0.6) is 5.75 Å². The number of allylic oxidation sites excluding steroid dienone is 1. The molecule has 0 atom stereocenters. The molecule has 0 unspecified atom stereocenters. The van der Waals surface area contributed by atoms with Crippen LogP contribution in [0.1, 0.15) is 11.1 Å². The van der Waals surface area contributed by atoms with Crippen LogP contribution in [0, 0.1) is 0 Å². The molecular weight excluding hydrogens is 454 g/mol. The molecule has 0 saturated heterocycles. The summed E-state index contributed by atoms with van der Waals surface area (Å²) in [5.41, 5.74) is 8.20. The van der Waals surface area contributed by atoms with Gasteiger partial charge in [0.05, 0.1) is 12.8 Å². The number of amidine groups is 1. The lowest BCUT2D eigenvalue weighted by molar-refractivity contribution is 0.415. The lowest BCUT2D eigenvalue weighted by atomic mass is 10.0. The number of nitrogens with zero attached hydrogens (tertiary/aromatic N) is 2. The third-order valence-electron chi connectivity index (χ3n) is 6.40. The number of benzene rings is 4. The monoisotopic (exact) mass is 479 g/mol. The summed E-state index contributed by atoms with van der Waals surface area (Å²) in [6, 6.07) is 41.0. The van der Waals surface area contributed by atoms with Gasteiger partial charge in [-0.05, 0) is 41.0 Å². The number of aromatic amines is 1. The van der Waals surface area contributed by atoms with Crippen molar-refractivity contribution in [2.45, 2.75) is 0 Å². The molecular formula is C33H25N3O. The Morgan fingerprint density at radius 3 is 1.86 bits per heavy atom. The van der Waals surface area contributed by atoms with Gasteiger partial charge in [-0.2, -0.15) is 0 Å². The fourth-order valence-electron chi connectivity index (χ4n) is 4.48. The lowest BCUT2D eigenvalue weighted by Crippen LogP contribution is -1.95. The summed E-state index contributed by atoms with van der Waals surface area (Å²) in [6.45, 7) is 0. The highest BCUT2D eigenvalue weighted by Crippen LogP contribution is 2.37. The van der Waals surface area contributed by atoms with Crippen LogP contribution < -0.4 is 4.74 Å². The number of H-pyrrole nitrogens is 1. The molecule has 4 aromatic carbocycles. The van der Waals surface area contributed by atoms with E-state index in [1.165, 1.54) is 0 Å². The highest BCUT2D eigenvalue weighted by atomic mass is 16.5. The van der Waals surface area contributed by atoms with E-state index in [0.717, 1.165) is 56.4 Å².